The number of carbonyl (C=O) groups is 1. The van der Waals surface area contributed by atoms with Crippen LogP contribution in [0.5, 0.6) is 0 Å². The molecule has 5 heteroatoms. The maximum Gasteiger partial charge on any atom is 0.267 e. The number of pyridine rings is 1. The summed E-state index contributed by atoms with van der Waals surface area (Å²) in [4.78, 5) is 17.7. The summed E-state index contributed by atoms with van der Waals surface area (Å²) >= 11 is 0. The van der Waals surface area contributed by atoms with Gasteiger partial charge in [-0.15, -0.1) is 0 Å². The van der Waals surface area contributed by atoms with Crippen LogP contribution in [0.4, 0.5) is 4.39 Å². The first-order valence-corrected chi connectivity index (χ1v) is 4.08. The molecule has 2 N–H and O–H groups in total. The minimum absolute atomic E-state index is 0.247. The van der Waals surface area contributed by atoms with E-state index in [4.69, 9.17) is 0 Å². The van der Waals surface area contributed by atoms with Crippen LogP contribution in [-0.4, -0.2) is 22.9 Å². The second-order valence-corrected chi connectivity index (χ2v) is 2.83. The van der Waals surface area contributed by atoms with Gasteiger partial charge >= 0.3 is 0 Å². The number of aromatic amines is 1. The van der Waals surface area contributed by atoms with Crippen molar-refractivity contribution < 1.29 is 9.18 Å². The first kappa shape index (κ1) is 8.68. The standard InChI is InChI=1S/C9H8FN3O/c1-11-9(14)7-4-6-5(12-7)2-3-8(10)13-6/h2-4,12H,1H3,(H,11,14). The normalized spacial score (nSPS) is 10.4. The van der Waals surface area contributed by atoms with Crippen molar-refractivity contribution in [3.63, 3.8) is 0 Å². The number of hydrogen-bond acceptors (Lipinski definition) is 2. The maximum atomic E-state index is 12.7. The molecule has 2 aromatic heterocycles. The fourth-order valence-electron chi connectivity index (χ4n) is 1.24. The molecule has 0 atom stereocenters. The zero-order valence-electron chi connectivity index (χ0n) is 7.47. The van der Waals surface area contributed by atoms with Gasteiger partial charge in [0.25, 0.3) is 5.91 Å². The van der Waals surface area contributed by atoms with Gasteiger partial charge < -0.3 is 10.3 Å². The van der Waals surface area contributed by atoms with Gasteiger partial charge in [0.1, 0.15) is 5.69 Å². The van der Waals surface area contributed by atoms with Gasteiger partial charge in [0, 0.05) is 7.05 Å². The number of carbonyl (C=O) groups excluding carboxylic acids is 1. The van der Waals surface area contributed by atoms with Crippen molar-refractivity contribution in [3.8, 4) is 0 Å². The zero-order valence-corrected chi connectivity index (χ0v) is 7.47. The Bertz CT molecular complexity index is 492. The number of hydrogen-bond donors (Lipinski definition) is 2. The van der Waals surface area contributed by atoms with Gasteiger partial charge in [-0.3, -0.25) is 4.79 Å². The van der Waals surface area contributed by atoms with Crippen LogP contribution < -0.4 is 5.32 Å². The Kier molecular flexibility index (Phi) is 1.92. The van der Waals surface area contributed by atoms with Crippen molar-refractivity contribution >= 4 is 16.9 Å². The van der Waals surface area contributed by atoms with Gasteiger partial charge in [-0.2, -0.15) is 4.39 Å². The molecule has 0 saturated carbocycles. The number of H-pyrrole nitrogens is 1. The first-order valence-electron chi connectivity index (χ1n) is 4.08. The van der Waals surface area contributed by atoms with E-state index in [-0.39, 0.29) is 5.91 Å². The van der Waals surface area contributed by atoms with E-state index in [1.165, 1.54) is 19.2 Å². The largest absolute Gasteiger partial charge is 0.354 e. The Morgan fingerprint density at radius 3 is 3.07 bits per heavy atom. The predicted octanol–water partition coefficient (Wildman–Crippen LogP) is 1.06. The third kappa shape index (κ3) is 1.32. The van der Waals surface area contributed by atoms with E-state index in [2.05, 4.69) is 15.3 Å². The van der Waals surface area contributed by atoms with Crippen molar-refractivity contribution in [1.29, 1.82) is 0 Å². The third-order valence-corrected chi connectivity index (χ3v) is 1.91. The molecule has 2 rings (SSSR count). The van der Waals surface area contributed by atoms with E-state index in [1.807, 2.05) is 0 Å². The molecule has 0 aliphatic heterocycles. The summed E-state index contributed by atoms with van der Waals surface area (Å²) < 4.78 is 12.7. The summed E-state index contributed by atoms with van der Waals surface area (Å²) in [5.41, 5.74) is 1.47. The van der Waals surface area contributed by atoms with E-state index < -0.39 is 5.95 Å². The van der Waals surface area contributed by atoms with Gasteiger partial charge in [0.15, 0.2) is 0 Å². The van der Waals surface area contributed by atoms with Crippen LogP contribution in [0.1, 0.15) is 10.5 Å². The number of fused-ring (bicyclic) bond motifs is 1. The van der Waals surface area contributed by atoms with Crippen LogP contribution in [0.25, 0.3) is 11.0 Å². The summed E-state index contributed by atoms with van der Waals surface area (Å²) in [7, 11) is 1.53. The molecule has 0 saturated heterocycles. The van der Waals surface area contributed by atoms with Crippen molar-refractivity contribution in [3.05, 3.63) is 29.8 Å². The molecule has 1 amide bonds. The number of rotatable bonds is 1. The number of amides is 1. The van der Waals surface area contributed by atoms with Crippen LogP contribution in [0.3, 0.4) is 0 Å². The highest BCUT2D eigenvalue weighted by Gasteiger charge is 2.08. The SMILES string of the molecule is CNC(=O)c1cc2nc(F)ccc2[nH]1. The average Bonchev–Trinajstić information content (AvgIpc) is 2.59. The molecule has 72 valence electrons. The quantitative estimate of drug-likeness (QED) is 0.665. The number of nitrogens with zero attached hydrogens (tertiary/aromatic N) is 1. The third-order valence-electron chi connectivity index (χ3n) is 1.91. The monoisotopic (exact) mass is 193 g/mol. The van der Waals surface area contributed by atoms with Crippen molar-refractivity contribution in [2.24, 2.45) is 0 Å². The van der Waals surface area contributed by atoms with Gasteiger partial charge in [0.2, 0.25) is 5.95 Å². The van der Waals surface area contributed by atoms with Crippen molar-refractivity contribution in [1.82, 2.24) is 15.3 Å². The Morgan fingerprint density at radius 2 is 2.36 bits per heavy atom. The van der Waals surface area contributed by atoms with E-state index in [9.17, 15) is 9.18 Å². The molecule has 0 bridgehead atoms. The summed E-state index contributed by atoms with van der Waals surface area (Å²) in [6.07, 6.45) is 0. The summed E-state index contributed by atoms with van der Waals surface area (Å²) in [5, 5.41) is 2.47. The minimum atomic E-state index is -0.556. The van der Waals surface area contributed by atoms with Crippen LogP contribution in [-0.2, 0) is 0 Å². The Balaban J connectivity index is 2.56. The van der Waals surface area contributed by atoms with Crippen LogP contribution in [0.2, 0.25) is 0 Å². The highest BCUT2D eigenvalue weighted by molar-refractivity contribution is 5.96. The molecule has 2 heterocycles. The van der Waals surface area contributed by atoms with E-state index in [1.54, 1.807) is 6.07 Å². The van der Waals surface area contributed by atoms with Crippen molar-refractivity contribution in [2.45, 2.75) is 0 Å². The Hall–Kier alpha value is -1.91. The lowest BCUT2D eigenvalue weighted by molar-refractivity contribution is 0.0959. The lowest BCUT2D eigenvalue weighted by Crippen LogP contribution is -2.17. The van der Waals surface area contributed by atoms with Gasteiger partial charge in [0.05, 0.1) is 11.0 Å². The highest BCUT2D eigenvalue weighted by atomic mass is 19.1. The van der Waals surface area contributed by atoms with E-state index >= 15 is 0 Å². The molecule has 0 fully saturated rings. The molecular weight excluding hydrogens is 185 g/mol. The minimum Gasteiger partial charge on any atom is -0.354 e. The van der Waals surface area contributed by atoms with E-state index in [0.717, 1.165) is 0 Å². The molecule has 0 spiro atoms. The zero-order chi connectivity index (χ0) is 10.1. The average molecular weight is 193 g/mol. The first-order chi connectivity index (χ1) is 6.70. The molecule has 4 nitrogen and oxygen atoms in total. The fourth-order valence-corrected chi connectivity index (χ4v) is 1.24. The van der Waals surface area contributed by atoms with Crippen LogP contribution >= 0.6 is 0 Å². The van der Waals surface area contributed by atoms with Crippen LogP contribution in [0, 0.1) is 5.95 Å². The molecule has 0 radical (unpaired) electrons. The smallest absolute Gasteiger partial charge is 0.267 e. The van der Waals surface area contributed by atoms with Crippen LogP contribution in [0.15, 0.2) is 18.2 Å². The molecule has 0 aromatic carbocycles. The number of nitrogens with one attached hydrogen (secondary N) is 2. The highest BCUT2D eigenvalue weighted by Crippen LogP contribution is 2.12. The maximum absolute atomic E-state index is 12.7. The Labute approximate surface area is 79.1 Å². The summed E-state index contributed by atoms with van der Waals surface area (Å²) in [5.74, 6) is -0.802. The topological polar surface area (TPSA) is 57.8 Å². The fraction of sp³-hybridized carbons (Fsp3) is 0.111. The summed E-state index contributed by atoms with van der Waals surface area (Å²) in [6.45, 7) is 0. The summed E-state index contributed by atoms with van der Waals surface area (Å²) in [6, 6.07) is 4.30. The number of halogens is 1. The van der Waals surface area contributed by atoms with Gasteiger partial charge in [-0.25, -0.2) is 4.98 Å². The van der Waals surface area contributed by atoms with Gasteiger partial charge in [-0.1, -0.05) is 0 Å². The molecule has 0 aliphatic rings. The van der Waals surface area contributed by atoms with Gasteiger partial charge in [-0.05, 0) is 18.2 Å². The molecular formula is C9H8FN3O. The Morgan fingerprint density at radius 1 is 1.57 bits per heavy atom. The molecule has 0 unspecified atom stereocenters. The predicted molar refractivity (Wildman–Crippen MR) is 49.4 cm³/mol. The lowest BCUT2D eigenvalue weighted by atomic mass is 10.3. The second-order valence-electron chi connectivity index (χ2n) is 2.83. The second kappa shape index (κ2) is 3.10. The lowest BCUT2D eigenvalue weighted by Gasteiger charge is -1.92. The molecule has 14 heavy (non-hydrogen) atoms. The van der Waals surface area contributed by atoms with Crippen molar-refractivity contribution in [2.75, 3.05) is 7.05 Å². The molecule has 2 aromatic rings. The van der Waals surface area contributed by atoms with E-state index in [0.29, 0.717) is 16.7 Å². The number of aromatic nitrogens is 2. The molecule has 0 aliphatic carbocycles.